The zero-order valence-electron chi connectivity index (χ0n) is 21.7. The smallest absolute Gasteiger partial charge is 0.254 e. The lowest BCUT2D eigenvalue weighted by atomic mass is 9.71. The first-order chi connectivity index (χ1) is 17.7. The molecule has 2 aromatic rings. The molecule has 3 aliphatic heterocycles. The van der Waals surface area contributed by atoms with E-state index in [2.05, 4.69) is 29.8 Å². The molecular formula is C29H36N4O4. The Hall–Kier alpha value is -3.39. The molecule has 1 aromatic heterocycles. The summed E-state index contributed by atoms with van der Waals surface area (Å²) in [5.41, 5.74) is 7.54. The average Bonchev–Trinajstić information content (AvgIpc) is 2.89. The highest BCUT2D eigenvalue weighted by Gasteiger charge is 2.39. The third-order valence-corrected chi connectivity index (χ3v) is 7.95. The highest BCUT2D eigenvalue weighted by atomic mass is 16.6. The number of rotatable bonds is 5. The second-order valence-electron chi connectivity index (χ2n) is 11.2. The molecular weight excluding hydrogens is 468 g/mol. The summed E-state index contributed by atoms with van der Waals surface area (Å²) in [6, 6.07) is 7.89. The number of carbonyl (C=O) groups is 2. The van der Waals surface area contributed by atoms with E-state index >= 15 is 0 Å². The summed E-state index contributed by atoms with van der Waals surface area (Å²) in [4.78, 5) is 33.0. The number of hydrogen-bond donors (Lipinski definition) is 1. The van der Waals surface area contributed by atoms with Gasteiger partial charge in [0.1, 0.15) is 12.2 Å². The van der Waals surface area contributed by atoms with Crippen molar-refractivity contribution in [1.82, 2.24) is 14.8 Å². The number of pyridine rings is 1. The van der Waals surface area contributed by atoms with E-state index in [1.165, 1.54) is 11.6 Å². The van der Waals surface area contributed by atoms with Crippen LogP contribution in [0.1, 0.15) is 61.0 Å². The Labute approximate surface area is 218 Å². The number of aromatic nitrogens is 1. The lowest BCUT2D eigenvalue weighted by Crippen LogP contribution is -2.48. The van der Waals surface area contributed by atoms with Gasteiger partial charge in [-0.25, -0.2) is 0 Å². The Kier molecular flexibility index (Phi) is 6.94. The van der Waals surface area contributed by atoms with Crippen LogP contribution in [-0.4, -0.2) is 65.0 Å². The standard InChI is InChI=1S/C29H36N4O4/c1-28(2)20-36-24-5-3-4-22(26(24)37-28)19-32-14-9-29(10-15-32)11-16-33(17-12-29)27(35)23-8-13-31-18-21(23)6-7-25(30)34/h3-8,13,18H,9-12,14-17,19-20H2,1-2H3,(H2,30,34)/b7-6+. The number of benzene rings is 1. The number of primary amides is 1. The van der Waals surface area contributed by atoms with Crippen LogP contribution in [-0.2, 0) is 11.3 Å². The first-order valence-corrected chi connectivity index (χ1v) is 13.1. The predicted molar refractivity (Wildman–Crippen MR) is 141 cm³/mol. The van der Waals surface area contributed by atoms with E-state index < -0.39 is 5.91 Å². The normalized spacial score (nSPS) is 20.8. The third kappa shape index (κ3) is 5.64. The molecule has 0 bridgehead atoms. The van der Waals surface area contributed by atoms with Gasteiger partial charge in [-0.15, -0.1) is 0 Å². The number of piperidine rings is 2. The lowest BCUT2D eigenvalue weighted by molar-refractivity contribution is -0.113. The van der Waals surface area contributed by atoms with Gasteiger partial charge in [0.05, 0.1) is 0 Å². The number of nitrogens with zero attached hydrogens (tertiary/aromatic N) is 3. The molecule has 37 heavy (non-hydrogen) atoms. The van der Waals surface area contributed by atoms with Gasteiger partial charge in [-0.05, 0) is 76.2 Å². The molecule has 1 spiro atoms. The fourth-order valence-electron chi connectivity index (χ4n) is 5.66. The van der Waals surface area contributed by atoms with Crippen LogP contribution in [0.4, 0.5) is 0 Å². The van der Waals surface area contributed by atoms with Gasteiger partial charge in [0.15, 0.2) is 11.5 Å². The van der Waals surface area contributed by atoms with E-state index in [1.807, 2.05) is 17.0 Å². The summed E-state index contributed by atoms with van der Waals surface area (Å²) in [5.74, 6) is 1.15. The SMILES string of the molecule is CC1(C)COc2cccc(CN3CCC4(CC3)CCN(C(=O)c3ccncc3/C=C/C(N)=O)CC4)c2O1. The molecule has 0 radical (unpaired) electrons. The van der Waals surface area contributed by atoms with Gasteiger partial charge < -0.3 is 20.1 Å². The van der Waals surface area contributed by atoms with Crippen molar-refractivity contribution in [3.05, 3.63) is 59.4 Å². The van der Waals surface area contributed by atoms with Crippen LogP contribution in [0, 0.1) is 5.41 Å². The van der Waals surface area contributed by atoms with Gasteiger partial charge in [0.2, 0.25) is 5.91 Å². The molecule has 2 saturated heterocycles. The van der Waals surface area contributed by atoms with Gasteiger partial charge in [-0.2, -0.15) is 0 Å². The topological polar surface area (TPSA) is 98.0 Å². The summed E-state index contributed by atoms with van der Waals surface area (Å²) in [7, 11) is 0. The molecule has 196 valence electrons. The van der Waals surface area contributed by atoms with E-state index in [0.717, 1.165) is 69.9 Å². The minimum Gasteiger partial charge on any atom is -0.486 e. The monoisotopic (exact) mass is 504 g/mol. The Morgan fingerprint density at radius 1 is 1.08 bits per heavy atom. The van der Waals surface area contributed by atoms with Gasteiger partial charge >= 0.3 is 0 Å². The summed E-state index contributed by atoms with van der Waals surface area (Å²) in [6.07, 6.45) is 10.3. The molecule has 2 amide bonds. The highest BCUT2D eigenvalue weighted by molar-refractivity contribution is 5.99. The van der Waals surface area contributed by atoms with E-state index in [-0.39, 0.29) is 16.9 Å². The summed E-state index contributed by atoms with van der Waals surface area (Å²) in [6.45, 7) is 9.08. The highest BCUT2D eigenvalue weighted by Crippen LogP contribution is 2.43. The predicted octanol–water partition coefficient (Wildman–Crippen LogP) is 3.65. The third-order valence-electron chi connectivity index (χ3n) is 7.95. The second kappa shape index (κ2) is 10.2. The lowest BCUT2D eigenvalue weighted by Gasteiger charge is -2.47. The van der Waals surface area contributed by atoms with Crippen LogP contribution in [0.2, 0.25) is 0 Å². The van der Waals surface area contributed by atoms with Crippen LogP contribution in [0.15, 0.2) is 42.7 Å². The van der Waals surface area contributed by atoms with E-state index in [4.69, 9.17) is 15.2 Å². The van der Waals surface area contributed by atoms with E-state index in [1.54, 1.807) is 24.5 Å². The maximum absolute atomic E-state index is 13.3. The molecule has 2 fully saturated rings. The maximum atomic E-state index is 13.3. The number of nitrogens with two attached hydrogens (primary N) is 1. The molecule has 0 atom stereocenters. The van der Waals surface area contributed by atoms with Gasteiger partial charge in [-0.1, -0.05) is 12.1 Å². The molecule has 2 N–H and O–H groups in total. The number of likely N-dealkylation sites (tertiary alicyclic amines) is 2. The van der Waals surface area contributed by atoms with Crippen molar-refractivity contribution in [1.29, 1.82) is 0 Å². The minimum absolute atomic E-state index is 0.0159. The average molecular weight is 505 g/mol. The zero-order valence-corrected chi connectivity index (χ0v) is 21.7. The molecule has 0 aliphatic carbocycles. The Morgan fingerprint density at radius 3 is 2.54 bits per heavy atom. The van der Waals surface area contributed by atoms with Gasteiger partial charge in [-0.3, -0.25) is 19.5 Å². The van der Waals surface area contributed by atoms with Crippen molar-refractivity contribution in [2.24, 2.45) is 11.1 Å². The van der Waals surface area contributed by atoms with Crippen LogP contribution in [0.3, 0.4) is 0 Å². The fourth-order valence-corrected chi connectivity index (χ4v) is 5.66. The number of hydrogen-bond acceptors (Lipinski definition) is 6. The molecule has 8 heteroatoms. The van der Waals surface area contributed by atoms with Crippen molar-refractivity contribution < 1.29 is 19.1 Å². The molecule has 4 heterocycles. The fraction of sp³-hybridized carbons (Fsp3) is 0.483. The van der Waals surface area contributed by atoms with E-state index in [0.29, 0.717) is 17.7 Å². The first kappa shape index (κ1) is 25.3. The molecule has 0 unspecified atom stereocenters. The second-order valence-corrected chi connectivity index (χ2v) is 11.2. The molecule has 0 saturated carbocycles. The Morgan fingerprint density at radius 2 is 1.81 bits per heavy atom. The summed E-state index contributed by atoms with van der Waals surface area (Å²) in [5, 5.41) is 0. The molecule has 5 rings (SSSR count). The van der Waals surface area contributed by atoms with Crippen LogP contribution >= 0.6 is 0 Å². The first-order valence-electron chi connectivity index (χ1n) is 13.1. The molecule has 8 nitrogen and oxygen atoms in total. The molecule has 3 aliphatic rings. The van der Waals surface area contributed by atoms with Crippen molar-refractivity contribution in [3.63, 3.8) is 0 Å². The van der Waals surface area contributed by atoms with Crippen LogP contribution < -0.4 is 15.2 Å². The van der Waals surface area contributed by atoms with Crippen molar-refractivity contribution in [2.45, 2.75) is 51.7 Å². The van der Waals surface area contributed by atoms with Crippen LogP contribution in [0.25, 0.3) is 6.08 Å². The molecule has 1 aromatic carbocycles. The number of amides is 2. The minimum atomic E-state index is -0.551. The Bertz CT molecular complexity index is 1190. The van der Waals surface area contributed by atoms with Crippen molar-refractivity contribution in [3.8, 4) is 11.5 Å². The Balaban J connectivity index is 1.17. The van der Waals surface area contributed by atoms with Crippen molar-refractivity contribution >= 4 is 17.9 Å². The quantitative estimate of drug-likeness (QED) is 0.625. The zero-order chi connectivity index (χ0) is 26.0. The number of para-hydroxylation sites is 1. The van der Waals surface area contributed by atoms with Crippen molar-refractivity contribution in [2.75, 3.05) is 32.8 Å². The number of carbonyl (C=O) groups excluding carboxylic acids is 2. The summed E-state index contributed by atoms with van der Waals surface area (Å²) < 4.78 is 12.2. The van der Waals surface area contributed by atoms with Crippen LogP contribution in [0.5, 0.6) is 11.5 Å². The maximum Gasteiger partial charge on any atom is 0.254 e. The van der Waals surface area contributed by atoms with E-state index in [9.17, 15) is 9.59 Å². The van der Waals surface area contributed by atoms with Gasteiger partial charge in [0, 0.05) is 54.8 Å². The summed E-state index contributed by atoms with van der Waals surface area (Å²) >= 11 is 0. The number of fused-ring (bicyclic) bond motifs is 1. The largest absolute Gasteiger partial charge is 0.486 e. The number of ether oxygens (including phenoxy) is 2. The van der Waals surface area contributed by atoms with Gasteiger partial charge in [0.25, 0.3) is 5.91 Å².